The van der Waals surface area contributed by atoms with Gasteiger partial charge in [0.2, 0.25) is 0 Å². The molecule has 1 aliphatic heterocycles. The van der Waals surface area contributed by atoms with Gasteiger partial charge in [0.1, 0.15) is 11.6 Å². The molecule has 2 rings (SSSR count). The van der Waals surface area contributed by atoms with Crippen molar-refractivity contribution in [1.82, 2.24) is 10.2 Å². The second-order valence-electron chi connectivity index (χ2n) is 6.00. The van der Waals surface area contributed by atoms with Crippen LogP contribution in [0.1, 0.15) is 45.2 Å². The highest BCUT2D eigenvalue weighted by molar-refractivity contribution is 5.25. The number of likely N-dealkylation sites (N-methyl/N-ethyl adjacent to an activating group) is 1. The molecule has 0 saturated carbocycles. The first-order chi connectivity index (χ1) is 9.46. The lowest BCUT2D eigenvalue weighted by Gasteiger charge is -2.43. The Balaban J connectivity index is 2.34. The van der Waals surface area contributed by atoms with Gasteiger partial charge < -0.3 is 5.32 Å². The summed E-state index contributed by atoms with van der Waals surface area (Å²) in [5.74, 6) is -0.997. The van der Waals surface area contributed by atoms with Crippen LogP contribution in [0.4, 0.5) is 8.78 Å². The van der Waals surface area contributed by atoms with Crippen molar-refractivity contribution in [3.05, 3.63) is 35.4 Å². The van der Waals surface area contributed by atoms with Crippen LogP contribution in [0, 0.1) is 11.6 Å². The van der Waals surface area contributed by atoms with Crippen LogP contribution in [0.25, 0.3) is 0 Å². The summed E-state index contributed by atoms with van der Waals surface area (Å²) in [5.41, 5.74) is 0.343. The van der Waals surface area contributed by atoms with Gasteiger partial charge in [0, 0.05) is 17.2 Å². The number of hydrogen-bond donors (Lipinski definition) is 1. The Kier molecular flexibility index (Phi) is 4.76. The second kappa shape index (κ2) is 6.19. The average Bonchev–Trinajstić information content (AvgIpc) is 2.91. The van der Waals surface area contributed by atoms with Crippen LogP contribution >= 0.6 is 0 Å². The van der Waals surface area contributed by atoms with Crippen molar-refractivity contribution in [2.45, 2.75) is 45.2 Å². The Bertz CT molecular complexity index is 454. The van der Waals surface area contributed by atoms with Crippen molar-refractivity contribution in [2.24, 2.45) is 0 Å². The van der Waals surface area contributed by atoms with E-state index in [0.29, 0.717) is 5.56 Å². The van der Waals surface area contributed by atoms with Gasteiger partial charge in [0.25, 0.3) is 0 Å². The van der Waals surface area contributed by atoms with Crippen LogP contribution in [-0.4, -0.2) is 30.1 Å². The highest BCUT2D eigenvalue weighted by atomic mass is 19.1. The van der Waals surface area contributed by atoms with Crippen LogP contribution in [0.3, 0.4) is 0 Å². The zero-order chi connectivity index (χ0) is 14.8. The number of nitrogens with one attached hydrogen (secondary N) is 1. The maximum absolute atomic E-state index is 14.1. The molecule has 1 aliphatic rings. The van der Waals surface area contributed by atoms with Gasteiger partial charge in [-0.15, -0.1) is 0 Å². The van der Waals surface area contributed by atoms with Crippen molar-refractivity contribution in [3.63, 3.8) is 0 Å². The third-order valence-corrected chi connectivity index (χ3v) is 4.31. The third-order valence-electron chi connectivity index (χ3n) is 4.31. The normalized spacial score (nSPS) is 18.4. The largest absolute Gasteiger partial charge is 0.309 e. The maximum Gasteiger partial charge on any atom is 0.130 e. The molecule has 1 saturated heterocycles. The van der Waals surface area contributed by atoms with Crippen LogP contribution in [0.5, 0.6) is 0 Å². The van der Waals surface area contributed by atoms with Crippen LogP contribution in [0.2, 0.25) is 0 Å². The number of hydrogen-bond acceptors (Lipinski definition) is 2. The lowest BCUT2D eigenvalue weighted by Crippen LogP contribution is -2.51. The SMILES string of the molecule is CCNC(c1ccc(F)cc1F)C(C)(C)N1CCCC1. The Hall–Kier alpha value is -1.00. The molecular formula is C16H24F2N2. The summed E-state index contributed by atoms with van der Waals surface area (Å²) in [6.07, 6.45) is 2.38. The Morgan fingerprint density at radius 2 is 1.90 bits per heavy atom. The fourth-order valence-electron chi connectivity index (χ4n) is 3.16. The first-order valence-corrected chi connectivity index (χ1v) is 7.40. The average molecular weight is 282 g/mol. The first-order valence-electron chi connectivity index (χ1n) is 7.40. The molecule has 112 valence electrons. The number of likely N-dealkylation sites (tertiary alicyclic amines) is 1. The maximum atomic E-state index is 14.1. The lowest BCUT2D eigenvalue weighted by molar-refractivity contribution is 0.106. The zero-order valence-electron chi connectivity index (χ0n) is 12.5. The van der Waals surface area contributed by atoms with Gasteiger partial charge in [-0.25, -0.2) is 8.78 Å². The highest BCUT2D eigenvalue weighted by Gasteiger charge is 2.38. The minimum atomic E-state index is -0.527. The van der Waals surface area contributed by atoms with Crippen LogP contribution < -0.4 is 5.32 Å². The monoisotopic (exact) mass is 282 g/mol. The molecule has 1 N–H and O–H groups in total. The smallest absolute Gasteiger partial charge is 0.130 e. The summed E-state index contributed by atoms with van der Waals surface area (Å²) in [6, 6.07) is 3.73. The fourth-order valence-corrected chi connectivity index (χ4v) is 3.16. The number of nitrogens with zero attached hydrogens (tertiary/aromatic N) is 1. The van der Waals surface area contributed by atoms with Crippen molar-refractivity contribution < 1.29 is 8.78 Å². The van der Waals surface area contributed by atoms with E-state index < -0.39 is 11.6 Å². The van der Waals surface area contributed by atoms with Gasteiger partial charge in [0.15, 0.2) is 0 Å². The van der Waals surface area contributed by atoms with Crippen molar-refractivity contribution in [1.29, 1.82) is 0 Å². The quantitative estimate of drug-likeness (QED) is 0.889. The van der Waals surface area contributed by atoms with E-state index >= 15 is 0 Å². The zero-order valence-corrected chi connectivity index (χ0v) is 12.5. The van der Waals surface area contributed by atoms with E-state index in [4.69, 9.17) is 0 Å². The Labute approximate surface area is 120 Å². The molecule has 1 aromatic carbocycles. The van der Waals surface area contributed by atoms with Gasteiger partial charge >= 0.3 is 0 Å². The van der Waals surface area contributed by atoms with Crippen molar-refractivity contribution in [2.75, 3.05) is 19.6 Å². The van der Waals surface area contributed by atoms with Crippen molar-refractivity contribution in [3.8, 4) is 0 Å². The second-order valence-corrected chi connectivity index (χ2v) is 6.00. The number of rotatable bonds is 5. The van der Waals surface area contributed by atoms with E-state index in [1.54, 1.807) is 6.07 Å². The molecule has 0 amide bonds. The molecule has 1 atom stereocenters. The molecule has 1 fully saturated rings. The minimum absolute atomic E-state index is 0.147. The molecular weight excluding hydrogens is 258 g/mol. The summed E-state index contributed by atoms with van der Waals surface area (Å²) >= 11 is 0. The highest BCUT2D eigenvalue weighted by Crippen LogP contribution is 2.34. The summed E-state index contributed by atoms with van der Waals surface area (Å²) in [7, 11) is 0. The molecule has 1 heterocycles. The van der Waals surface area contributed by atoms with Crippen molar-refractivity contribution >= 4 is 0 Å². The fraction of sp³-hybridized carbons (Fsp3) is 0.625. The van der Waals surface area contributed by atoms with E-state index in [1.165, 1.54) is 18.9 Å². The molecule has 20 heavy (non-hydrogen) atoms. The Morgan fingerprint density at radius 1 is 1.25 bits per heavy atom. The summed E-state index contributed by atoms with van der Waals surface area (Å²) in [4.78, 5) is 2.39. The van der Waals surface area contributed by atoms with Crippen LogP contribution in [-0.2, 0) is 0 Å². The molecule has 0 aromatic heterocycles. The van der Waals surface area contributed by atoms with E-state index in [1.807, 2.05) is 6.92 Å². The molecule has 4 heteroatoms. The molecule has 1 aromatic rings. The summed E-state index contributed by atoms with van der Waals surface area (Å²) in [6.45, 7) is 9.10. The summed E-state index contributed by atoms with van der Waals surface area (Å²) < 4.78 is 27.3. The molecule has 2 nitrogen and oxygen atoms in total. The number of benzene rings is 1. The molecule has 0 bridgehead atoms. The summed E-state index contributed by atoms with van der Waals surface area (Å²) in [5, 5.41) is 3.37. The molecule has 1 unspecified atom stereocenters. The van der Waals surface area contributed by atoms with E-state index in [0.717, 1.165) is 25.7 Å². The molecule has 0 spiro atoms. The lowest BCUT2D eigenvalue weighted by atomic mass is 9.86. The van der Waals surface area contributed by atoms with Gasteiger partial charge in [-0.1, -0.05) is 13.0 Å². The number of halogens is 2. The van der Waals surface area contributed by atoms with E-state index in [-0.39, 0.29) is 11.6 Å². The topological polar surface area (TPSA) is 15.3 Å². The first kappa shape index (κ1) is 15.4. The van der Waals surface area contributed by atoms with Gasteiger partial charge in [0.05, 0.1) is 6.04 Å². The predicted molar refractivity (Wildman–Crippen MR) is 77.7 cm³/mol. The van der Waals surface area contributed by atoms with Gasteiger partial charge in [-0.05, 0) is 52.4 Å². The standard InChI is InChI=1S/C16H24F2N2/c1-4-19-15(13-8-7-12(17)11-14(13)18)16(2,3)20-9-5-6-10-20/h7-8,11,15,19H,4-6,9-10H2,1-3H3. The minimum Gasteiger partial charge on any atom is -0.309 e. The van der Waals surface area contributed by atoms with Gasteiger partial charge in [-0.2, -0.15) is 0 Å². The third kappa shape index (κ3) is 3.01. The Morgan fingerprint density at radius 3 is 2.45 bits per heavy atom. The molecule has 0 radical (unpaired) electrons. The van der Waals surface area contributed by atoms with E-state index in [2.05, 4.69) is 24.1 Å². The predicted octanol–water partition coefficient (Wildman–Crippen LogP) is 3.49. The van der Waals surface area contributed by atoms with Gasteiger partial charge in [-0.3, -0.25) is 4.90 Å². The van der Waals surface area contributed by atoms with E-state index in [9.17, 15) is 8.78 Å². The molecule has 0 aliphatic carbocycles. The van der Waals surface area contributed by atoms with Crippen LogP contribution in [0.15, 0.2) is 18.2 Å².